The third kappa shape index (κ3) is 9.49. The minimum absolute atomic E-state index is 0.0365. The normalized spacial score (nSPS) is 9.88. The molecule has 0 radical (unpaired) electrons. The van der Waals surface area contributed by atoms with Gasteiger partial charge in [-0.15, -0.1) is 0 Å². The highest BCUT2D eigenvalue weighted by Crippen LogP contribution is 1.93. The minimum Gasteiger partial charge on any atom is -0.355 e. The fraction of sp³-hybridized carbons (Fsp3) is 0.833. The summed E-state index contributed by atoms with van der Waals surface area (Å²) >= 11 is 0. The molecular weight excluding hydrogens is 204 g/mol. The van der Waals surface area contributed by atoms with E-state index in [1.54, 1.807) is 0 Å². The predicted molar refractivity (Wildman–Crippen MR) is 65.1 cm³/mol. The fourth-order valence-electron chi connectivity index (χ4n) is 1.27. The molecule has 94 valence electrons. The van der Waals surface area contributed by atoms with Crippen LogP contribution in [0, 0.1) is 0 Å². The van der Waals surface area contributed by atoms with Gasteiger partial charge in [0.1, 0.15) is 0 Å². The van der Waals surface area contributed by atoms with E-state index < -0.39 is 0 Å². The first-order valence-electron chi connectivity index (χ1n) is 6.24. The number of unbranched alkanes of at least 4 members (excludes halogenated alkanes) is 3. The number of hydrogen-bond acceptors (Lipinski definition) is 2. The molecule has 16 heavy (non-hydrogen) atoms. The lowest BCUT2D eigenvalue weighted by Gasteiger charge is -2.06. The Hall–Kier alpha value is -1.06. The monoisotopic (exact) mass is 228 g/mol. The topological polar surface area (TPSA) is 58.2 Å². The Morgan fingerprint density at radius 2 is 1.56 bits per heavy atom. The summed E-state index contributed by atoms with van der Waals surface area (Å²) in [5, 5.41) is 5.38. The van der Waals surface area contributed by atoms with Gasteiger partial charge >= 0.3 is 0 Å². The van der Waals surface area contributed by atoms with Gasteiger partial charge in [0.05, 0.1) is 6.54 Å². The summed E-state index contributed by atoms with van der Waals surface area (Å²) in [4.78, 5) is 22.5. The first-order valence-corrected chi connectivity index (χ1v) is 6.24. The van der Waals surface area contributed by atoms with Crippen LogP contribution in [-0.4, -0.2) is 24.9 Å². The van der Waals surface area contributed by atoms with Crippen molar-refractivity contribution in [2.24, 2.45) is 0 Å². The minimum atomic E-state index is -0.0963. The van der Waals surface area contributed by atoms with Gasteiger partial charge in [0.2, 0.25) is 11.8 Å². The molecule has 0 unspecified atom stereocenters. The van der Waals surface area contributed by atoms with Crippen molar-refractivity contribution in [3.8, 4) is 0 Å². The zero-order valence-corrected chi connectivity index (χ0v) is 10.5. The molecule has 0 aromatic heterocycles. The predicted octanol–water partition coefficient (Wildman–Crippen LogP) is 1.60. The van der Waals surface area contributed by atoms with Gasteiger partial charge < -0.3 is 10.6 Å². The maximum atomic E-state index is 11.3. The molecule has 0 aliphatic heterocycles. The van der Waals surface area contributed by atoms with Gasteiger partial charge in [-0.3, -0.25) is 9.59 Å². The Kier molecular flexibility index (Phi) is 9.76. The fourth-order valence-corrected chi connectivity index (χ4v) is 1.27. The second-order valence-electron chi connectivity index (χ2n) is 3.94. The maximum absolute atomic E-state index is 11.3. The van der Waals surface area contributed by atoms with E-state index in [9.17, 15) is 9.59 Å². The van der Waals surface area contributed by atoms with E-state index >= 15 is 0 Å². The summed E-state index contributed by atoms with van der Waals surface area (Å²) in [6, 6.07) is 0. The number of rotatable bonds is 9. The van der Waals surface area contributed by atoms with Crippen LogP contribution in [-0.2, 0) is 9.59 Å². The van der Waals surface area contributed by atoms with Gasteiger partial charge in [-0.2, -0.15) is 0 Å². The van der Waals surface area contributed by atoms with Crippen LogP contribution in [0.2, 0.25) is 0 Å². The van der Waals surface area contributed by atoms with E-state index in [1.807, 2.05) is 6.92 Å². The number of amides is 2. The first kappa shape index (κ1) is 14.9. The van der Waals surface area contributed by atoms with Gasteiger partial charge in [-0.1, -0.05) is 33.1 Å². The lowest BCUT2D eigenvalue weighted by Crippen LogP contribution is -2.37. The van der Waals surface area contributed by atoms with Crippen LogP contribution in [0.4, 0.5) is 0 Å². The van der Waals surface area contributed by atoms with Crippen molar-refractivity contribution in [1.29, 1.82) is 0 Å². The van der Waals surface area contributed by atoms with E-state index in [-0.39, 0.29) is 18.4 Å². The molecule has 0 aliphatic carbocycles. The molecule has 0 heterocycles. The van der Waals surface area contributed by atoms with Crippen LogP contribution in [0.3, 0.4) is 0 Å². The van der Waals surface area contributed by atoms with Gasteiger partial charge in [0, 0.05) is 13.0 Å². The molecule has 2 amide bonds. The Balaban J connectivity index is 3.38. The van der Waals surface area contributed by atoms with Crippen molar-refractivity contribution < 1.29 is 9.59 Å². The highest BCUT2D eigenvalue weighted by molar-refractivity contribution is 5.84. The van der Waals surface area contributed by atoms with Gasteiger partial charge in [-0.05, 0) is 12.8 Å². The van der Waals surface area contributed by atoms with Crippen LogP contribution in [0.25, 0.3) is 0 Å². The molecule has 0 saturated heterocycles. The number of carbonyl (C=O) groups is 2. The highest BCUT2D eigenvalue weighted by Gasteiger charge is 2.03. The summed E-state index contributed by atoms with van der Waals surface area (Å²) in [5.74, 6) is -0.133. The first-order chi connectivity index (χ1) is 7.70. The second-order valence-corrected chi connectivity index (χ2v) is 3.94. The average molecular weight is 228 g/mol. The molecule has 0 aromatic carbocycles. The van der Waals surface area contributed by atoms with Gasteiger partial charge in [0.15, 0.2) is 0 Å². The second kappa shape index (κ2) is 10.5. The molecule has 4 nitrogen and oxygen atoms in total. The van der Waals surface area contributed by atoms with E-state index in [0.29, 0.717) is 13.0 Å². The summed E-state index contributed by atoms with van der Waals surface area (Å²) in [6.45, 7) is 4.97. The Bertz CT molecular complexity index is 205. The van der Waals surface area contributed by atoms with Crippen LogP contribution < -0.4 is 10.6 Å². The Morgan fingerprint density at radius 3 is 2.19 bits per heavy atom. The molecule has 0 bridgehead atoms. The third-order valence-electron chi connectivity index (χ3n) is 2.31. The zero-order chi connectivity index (χ0) is 12.2. The Morgan fingerprint density at radius 1 is 0.875 bits per heavy atom. The summed E-state index contributed by atoms with van der Waals surface area (Å²) in [7, 11) is 0. The van der Waals surface area contributed by atoms with Crippen LogP contribution in [0.1, 0.15) is 52.4 Å². The molecule has 0 spiro atoms. The van der Waals surface area contributed by atoms with Gasteiger partial charge in [0.25, 0.3) is 0 Å². The summed E-state index contributed by atoms with van der Waals surface area (Å²) < 4.78 is 0. The molecule has 0 fully saturated rings. The summed E-state index contributed by atoms with van der Waals surface area (Å²) in [6.07, 6.45) is 5.67. The average Bonchev–Trinajstić information content (AvgIpc) is 2.29. The van der Waals surface area contributed by atoms with E-state index in [2.05, 4.69) is 17.6 Å². The smallest absolute Gasteiger partial charge is 0.239 e. The molecule has 0 atom stereocenters. The summed E-state index contributed by atoms with van der Waals surface area (Å²) in [5.41, 5.74) is 0. The third-order valence-corrected chi connectivity index (χ3v) is 2.31. The van der Waals surface area contributed by atoms with Crippen molar-refractivity contribution in [1.82, 2.24) is 10.6 Å². The van der Waals surface area contributed by atoms with E-state index in [1.165, 1.54) is 0 Å². The molecule has 4 heteroatoms. The molecule has 0 aliphatic rings. The molecule has 0 saturated carbocycles. The molecule has 0 rings (SSSR count). The number of carbonyl (C=O) groups excluding carboxylic acids is 2. The lowest BCUT2D eigenvalue weighted by atomic mass is 10.2. The number of hydrogen-bond donors (Lipinski definition) is 2. The number of nitrogens with one attached hydrogen (secondary N) is 2. The van der Waals surface area contributed by atoms with Crippen molar-refractivity contribution in [3.05, 3.63) is 0 Å². The van der Waals surface area contributed by atoms with E-state index in [0.717, 1.165) is 32.1 Å². The Labute approximate surface area is 98.2 Å². The van der Waals surface area contributed by atoms with Crippen molar-refractivity contribution >= 4 is 11.8 Å². The highest BCUT2D eigenvalue weighted by atomic mass is 16.2. The molecule has 0 aromatic rings. The van der Waals surface area contributed by atoms with Gasteiger partial charge in [-0.25, -0.2) is 0 Å². The van der Waals surface area contributed by atoms with E-state index in [4.69, 9.17) is 0 Å². The largest absolute Gasteiger partial charge is 0.355 e. The quantitative estimate of drug-likeness (QED) is 0.589. The van der Waals surface area contributed by atoms with Crippen molar-refractivity contribution in [2.75, 3.05) is 13.1 Å². The molecular formula is C12H24N2O2. The lowest BCUT2D eigenvalue weighted by molar-refractivity contribution is -0.126. The van der Waals surface area contributed by atoms with Crippen molar-refractivity contribution in [2.45, 2.75) is 52.4 Å². The van der Waals surface area contributed by atoms with Crippen molar-refractivity contribution in [3.63, 3.8) is 0 Å². The zero-order valence-electron chi connectivity index (χ0n) is 10.5. The SMILES string of the molecule is CCCCCNC(=O)CNC(=O)CCCC. The molecule has 2 N–H and O–H groups in total. The van der Waals surface area contributed by atoms with Crippen LogP contribution >= 0.6 is 0 Å². The standard InChI is InChI=1S/C12H24N2O2/c1-3-5-7-9-13-12(16)10-14-11(15)8-6-4-2/h3-10H2,1-2H3,(H,13,16)(H,14,15). The maximum Gasteiger partial charge on any atom is 0.239 e. The van der Waals surface area contributed by atoms with Crippen LogP contribution in [0.5, 0.6) is 0 Å². The van der Waals surface area contributed by atoms with Crippen LogP contribution in [0.15, 0.2) is 0 Å².